The molecule has 0 aliphatic heterocycles. The summed E-state index contributed by atoms with van der Waals surface area (Å²) >= 11 is 1.66. The van der Waals surface area contributed by atoms with E-state index < -0.39 is 0 Å². The Kier molecular flexibility index (Phi) is 2.87. The van der Waals surface area contributed by atoms with Crippen molar-refractivity contribution in [3.63, 3.8) is 0 Å². The lowest BCUT2D eigenvalue weighted by molar-refractivity contribution is -0.139. The summed E-state index contributed by atoms with van der Waals surface area (Å²) < 4.78 is 4.57. The number of esters is 1. The van der Waals surface area contributed by atoms with Crippen molar-refractivity contribution in [2.45, 2.75) is 20.3 Å². The molecular weight excluding hydrogens is 172 g/mol. The fourth-order valence-electron chi connectivity index (χ4n) is 0.951. The Labute approximate surface area is 76.2 Å². The highest BCUT2D eigenvalue weighted by atomic mass is 32.1. The zero-order valence-corrected chi connectivity index (χ0v) is 8.33. The molecule has 1 aromatic rings. The number of thiophene rings is 1. The van der Waals surface area contributed by atoms with Crippen LogP contribution >= 0.6 is 11.3 Å². The molecule has 1 aromatic heterocycles. The van der Waals surface area contributed by atoms with Crippen molar-refractivity contribution < 1.29 is 9.53 Å². The summed E-state index contributed by atoms with van der Waals surface area (Å²) in [5, 5.41) is 0. The highest BCUT2D eigenvalue weighted by Crippen LogP contribution is 2.20. The van der Waals surface area contributed by atoms with Crippen LogP contribution in [0.1, 0.15) is 15.3 Å². The molecular formula is C9H12O2S. The van der Waals surface area contributed by atoms with E-state index in [-0.39, 0.29) is 5.97 Å². The van der Waals surface area contributed by atoms with E-state index in [1.807, 2.05) is 13.0 Å². The van der Waals surface area contributed by atoms with Gasteiger partial charge in [0.25, 0.3) is 0 Å². The Morgan fingerprint density at radius 2 is 2.25 bits per heavy atom. The first-order valence-corrected chi connectivity index (χ1v) is 4.58. The average Bonchev–Trinajstić information content (AvgIpc) is 2.31. The van der Waals surface area contributed by atoms with Gasteiger partial charge in [-0.3, -0.25) is 4.79 Å². The summed E-state index contributed by atoms with van der Waals surface area (Å²) in [6.07, 6.45) is 0.399. The first kappa shape index (κ1) is 9.26. The SMILES string of the molecule is COC(=O)Cc1cc(C)c(C)s1. The Hall–Kier alpha value is -0.830. The first-order valence-electron chi connectivity index (χ1n) is 3.76. The number of ether oxygens (including phenoxy) is 1. The van der Waals surface area contributed by atoms with Crippen molar-refractivity contribution in [2.24, 2.45) is 0 Å². The van der Waals surface area contributed by atoms with E-state index in [4.69, 9.17) is 0 Å². The van der Waals surface area contributed by atoms with Crippen LogP contribution in [-0.2, 0) is 16.0 Å². The Balaban J connectivity index is 2.70. The smallest absolute Gasteiger partial charge is 0.310 e. The van der Waals surface area contributed by atoms with Crippen LogP contribution in [-0.4, -0.2) is 13.1 Å². The molecule has 0 aliphatic carbocycles. The normalized spacial score (nSPS) is 9.92. The molecule has 0 atom stereocenters. The predicted molar refractivity (Wildman–Crippen MR) is 49.5 cm³/mol. The average molecular weight is 184 g/mol. The maximum Gasteiger partial charge on any atom is 0.310 e. The van der Waals surface area contributed by atoms with E-state index in [2.05, 4.69) is 11.7 Å². The van der Waals surface area contributed by atoms with Gasteiger partial charge in [-0.15, -0.1) is 11.3 Å². The number of hydrogen-bond donors (Lipinski definition) is 0. The molecule has 0 aromatic carbocycles. The summed E-state index contributed by atoms with van der Waals surface area (Å²) in [5.74, 6) is -0.170. The number of hydrogen-bond acceptors (Lipinski definition) is 3. The molecule has 0 saturated heterocycles. The number of rotatable bonds is 2. The molecule has 0 bridgehead atoms. The maximum atomic E-state index is 10.9. The molecule has 66 valence electrons. The van der Waals surface area contributed by atoms with Crippen LogP contribution in [0.15, 0.2) is 6.07 Å². The van der Waals surface area contributed by atoms with E-state index in [0.29, 0.717) is 6.42 Å². The molecule has 0 saturated carbocycles. The summed E-state index contributed by atoms with van der Waals surface area (Å²) in [4.78, 5) is 13.2. The van der Waals surface area contributed by atoms with E-state index in [1.54, 1.807) is 11.3 Å². The van der Waals surface area contributed by atoms with Crippen LogP contribution in [0, 0.1) is 13.8 Å². The fraction of sp³-hybridized carbons (Fsp3) is 0.444. The minimum atomic E-state index is -0.170. The van der Waals surface area contributed by atoms with Gasteiger partial charge < -0.3 is 4.74 Å². The lowest BCUT2D eigenvalue weighted by atomic mass is 10.2. The van der Waals surface area contributed by atoms with Gasteiger partial charge in [0.1, 0.15) is 0 Å². The molecule has 1 heterocycles. The molecule has 0 aliphatic rings. The summed E-state index contributed by atoms with van der Waals surface area (Å²) in [6, 6.07) is 2.04. The van der Waals surface area contributed by atoms with Gasteiger partial charge in [0.2, 0.25) is 0 Å². The molecule has 0 N–H and O–H groups in total. The lowest BCUT2D eigenvalue weighted by Gasteiger charge is -1.93. The van der Waals surface area contributed by atoms with Gasteiger partial charge in [-0.1, -0.05) is 0 Å². The van der Waals surface area contributed by atoms with Crippen LogP contribution in [0.4, 0.5) is 0 Å². The molecule has 0 unspecified atom stereocenters. The summed E-state index contributed by atoms with van der Waals surface area (Å²) in [6.45, 7) is 4.10. The van der Waals surface area contributed by atoms with Crippen LogP contribution in [0.5, 0.6) is 0 Å². The largest absolute Gasteiger partial charge is 0.469 e. The molecule has 0 radical (unpaired) electrons. The standard InChI is InChI=1S/C9H12O2S/c1-6-4-8(12-7(6)2)5-9(10)11-3/h4H,5H2,1-3H3. The molecule has 12 heavy (non-hydrogen) atoms. The summed E-state index contributed by atoms with van der Waals surface area (Å²) in [7, 11) is 1.41. The fourth-order valence-corrected chi connectivity index (χ4v) is 1.99. The highest BCUT2D eigenvalue weighted by molar-refractivity contribution is 7.12. The summed E-state index contributed by atoms with van der Waals surface area (Å²) in [5.41, 5.74) is 1.25. The third-order valence-corrected chi connectivity index (χ3v) is 2.92. The van der Waals surface area contributed by atoms with E-state index in [9.17, 15) is 4.79 Å². The Morgan fingerprint density at radius 1 is 1.58 bits per heavy atom. The first-order chi connectivity index (χ1) is 5.63. The van der Waals surface area contributed by atoms with Gasteiger partial charge in [0, 0.05) is 9.75 Å². The van der Waals surface area contributed by atoms with Crippen molar-refractivity contribution in [1.29, 1.82) is 0 Å². The van der Waals surface area contributed by atoms with Crippen LogP contribution < -0.4 is 0 Å². The van der Waals surface area contributed by atoms with Crippen LogP contribution in [0.2, 0.25) is 0 Å². The second kappa shape index (κ2) is 3.72. The molecule has 0 spiro atoms. The van der Waals surface area contributed by atoms with Gasteiger partial charge in [-0.05, 0) is 25.5 Å². The molecule has 3 heteroatoms. The van der Waals surface area contributed by atoms with E-state index in [0.717, 1.165) is 4.88 Å². The quantitative estimate of drug-likeness (QED) is 0.658. The third kappa shape index (κ3) is 2.08. The van der Waals surface area contributed by atoms with Crippen LogP contribution in [0.25, 0.3) is 0 Å². The molecule has 2 nitrogen and oxygen atoms in total. The minimum Gasteiger partial charge on any atom is -0.469 e. The van der Waals surface area contributed by atoms with Gasteiger partial charge >= 0.3 is 5.97 Å². The van der Waals surface area contributed by atoms with Crippen molar-refractivity contribution >= 4 is 17.3 Å². The zero-order valence-electron chi connectivity index (χ0n) is 7.51. The maximum absolute atomic E-state index is 10.9. The Morgan fingerprint density at radius 3 is 2.67 bits per heavy atom. The van der Waals surface area contributed by atoms with E-state index >= 15 is 0 Å². The van der Waals surface area contributed by atoms with Crippen molar-refractivity contribution in [2.75, 3.05) is 7.11 Å². The minimum absolute atomic E-state index is 0.170. The topological polar surface area (TPSA) is 26.3 Å². The van der Waals surface area contributed by atoms with Crippen molar-refractivity contribution in [3.05, 3.63) is 21.4 Å². The van der Waals surface area contributed by atoms with Gasteiger partial charge in [0.15, 0.2) is 0 Å². The predicted octanol–water partition coefficient (Wildman–Crippen LogP) is 2.08. The number of carbonyl (C=O) groups excluding carboxylic acids is 1. The lowest BCUT2D eigenvalue weighted by Crippen LogP contribution is -2.02. The molecule has 0 fully saturated rings. The Bertz CT molecular complexity index is 269. The zero-order chi connectivity index (χ0) is 9.14. The number of methoxy groups -OCH3 is 1. The van der Waals surface area contributed by atoms with Gasteiger partial charge in [-0.2, -0.15) is 0 Å². The third-order valence-electron chi connectivity index (χ3n) is 1.76. The number of carbonyl (C=O) groups is 1. The van der Waals surface area contributed by atoms with Gasteiger partial charge in [0.05, 0.1) is 13.5 Å². The molecule has 0 amide bonds. The van der Waals surface area contributed by atoms with Gasteiger partial charge in [-0.25, -0.2) is 0 Å². The van der Waals surface area contributed by atoms with Crippen molar-refractivity contribution in [3.8, 4) is 0 Å². The van der Waals surface area contributed by atoms with Crippen LogP contribution in [0.3, 0.4) is 0 Å². The molecule has 1 rings (SSSR count). The monoisotopic (exact) mass is 184 g/mol. The number of aryl methyl sites for hydroxylation is 2. The van der Waals surface area contributed by atoms with Crippen molar-refractivity contribution in [1.82, 2.24) is 0 Å². The highest BCUT2D eigenvalue weighted by Gasteiger charge is 2.06. The second-order valence-corrected chi connectivity index (χ2v) is 4.05. The second-order valence-electron chi connectivity index (χ2n) is 2.70. The van der Waals surface area contributed by atoms with E-state index in [1.165, 1.54) is 17.6 Å².